The summed E-state index contributed by atoms with van der Waals surface area (Å²) in [5, 5.41) is 11.2. The molecule has 0 aliphatic heterocycles. The van der Waals surface area contributed by atoms with Crippen LogP contribution in [0.2, 0.25) is 0 Å². The summed E-state index contributed by atoms with van der Waals surface area (Å²) in [6.07, 6.45) is 2.71. The van der Waals surface area contributed by atoms with Gasteiger partial charge in [0.2, 0.25) is 5.89 Å². The van der Waals surface area contributed by atoms with Gasteiger partial charge in [-0.3, -0.25) is 4.68 Å². The maximum absolute atomic E-state index is 5.26. The van der Waals surface area contributed by atoms with Gasteiger partial charge in [-0.15, -0.1) is 5.10 Å². The van der Waals surface area contributed by atoms with Crippen LogP contribution >= 0.6 is 12.2 Å². The molecule has 2 heterocycles. The van der Waals surface area contributed by atoms with E-state index in [0.29, 0.717) is 10.7 Å². The van der Waals surface area contributed by atoms with Crippen LogP contribution in [-0.2, 0) is 19.4 Å². The Morgan fingerprint density at radius 3 is 2.72 bits per heavy atom. The molecule has 0 aromatic carbocycles. The van der Waals surface area contributed by atoms with Crippen molar-refractivity contribution in [2.24, 2.45) is 0 Å². The first-order chi connectivity index (χ1) is 8.61. The van der Waals surface area contributed by atoms with Crippen molar-refractivity contribution in [1.29, 1.82) is 0 Å². The highest BCUT2D eigenvalue weighted by atomic mass is 32.1. The number of nitrogens with zero attached hydrogens (tertiary/aromatic N) is 3. The van der Waals surface area contributed by atoms with Gasteiger partial charge < -0.3 is 4.42 Å². The highest BCUT2D eigenvalue weighted by Crippen LogP contribution is 2.16. The zero-order valence-electron chi connectivity index (χ0n) is 11.0. The van der Waals surface area contributed by atoms with Gasteiger partial charge >= 0.3 is 0 Å². The van der Waals surface area contributed by atoms with Gasteiger partial charge in [-0.1, -0.05) is 6.92 Å². The van der Waals surface area contributed by atoms with Gasteiger partial charge in [0.25, 0.3) is 4.84 Å². The summed E-state index contributed by atoms with van der Waals surface area (Å²) in [6, 6.07) is 0. The molecule has 5 nitrogen and oxygen atoms in total. The number of hydrogen-bond donors (Lipinski definition) is 1. The minimum absolute atomic E-state index is 0.333. The van der Waals surface area contributed by atoms with Crippen LogP contribution in [0.5, 0.6) is 0 Å². The number of H-pyrrole nitrogens is 1. The third-order valence-corrected chi connectivity index (χ3v) is 3.21. The lowest BCUT2D eigenvalue weighted by atomic mass is 10.1. The van der Waals surface area contributed by atoms with Crippen molar-refractivity contribution in [3.05, 3.63) is 27.7 Å². The Labute approximate surface area is 111 Å². The van der Waals surface area contributed by atoms with E-state index >= 15 is 0 Å². The van der Waals surface area contributed by atoms with Crippen LogP contribution in [-0.4, -0.2) is 20.0 Å². The van der Waals surface area contributed by atoms with Crippen molar-refractivity contribution in [3.8, 4) is 0 Å². The van der Waals surface area contributed by atoms with Crippen molar-refractivity contribution < 1.29 is 4.42 Å². The smallest absolute Gasteiger partial charge is 0.284 e. The predicted octanol–water partition coefficient (Wildman–Crippen LogP) is 2.74. The van der Waals surface area contributed by atoms with E-state index in [2.05, 4.69) is 40.7 Å². The molecule has 18 heavy (non-hydrogen) atoms. The van der Waals surface area contributed by atoms with Gasteiger partial charge in [-0.05, 0) is 44.5 Å². The molecule has 2 aromatic rings. The Kier molecular flexibility index (Phi) is 3.96. The minimum atomic E-state index is 0.333. The van der Waals surface area contributed by atoms with Gasteiger partial charge in [0.1, 0.15) is 0 Å². The van der Waals surface area contributed by atoms with Gasteiger partial charge in [-0.2, -0.15) is 5.10 Å². The van der Waals surface area contributed by atoms with E-state index < -0.39 is 0 Å². The standard InChI is InChI=1S/C12H18N4OS/c1-4-7-16-9(3)10(8(2)15-16)5-6-11-13-14-12(18)17-11/h4-7H2,1-3H3,(H,14,18). The van der Waals surface area contributed by atoms with E-state index in [1.165, 1.54) is 11.3 Å². The number of aromatic amines is 1. The maximum atomic E-state index is 5.26. The molecule has 0 radical (unpaired) electrons. The first kappa shape index (κ1) is 13.0. The Morgan fingerprint density at radius 2 is 2.11 bits per heavy atom. The lowest BCUT2D eigenvalue weighted by Gasteiger charge is -2.02. The minimum Gasteiger partial charge on any atom is -0.414 e. The van der Waals surface area contributed by atoms with E-state index in [9.17, 15) is 0 Å². The Hall–Kier alpha value is -1.43. The summed E-state index contributed by atoms with van der Waals surface area (Å²) in [5.41, 5.74) is 3.62. The zero-order valence-corrected chi connectivity index (χ0v) is 11.8. The SMILES string of the molecule is CCCn1nc(C)c(CCc2n[nH]c(=S)o2)c1C. The van der Waals surface area contributed by atoms with Crippen LogP contribution in [0.25, 0.3) is 0 Å². The molecular formula is C12H18N4OS. The monoisotopic (exact) mass is 266 g/mol. The second-order valence-electron chi connectivity index (χ2n) is 4.38. The molecule has 0 saturated heterocycles. The number of hydrogen-bond acceptors (Lipinski definition) is 4. The maximum Gasteiger partial charge on any atom is 0.284 e. The van der Waals surface area contributed by atoms with E-state index in [0.717, 1.165) is 31.5 Å². The van der Waals surface area contributed by atoms with Crippen molar-refractivity contribution in [2.45, 2.75) is 46.6 Å². The molecule has 2 aromatic heterocycles. The van der Waals surface area contributed by atoms with Gasteiger partial charge in [0.05, 0.1) is 5.69 Å². The number of rotatable bonds is 5. The highest BCUT2D eigenvalue weighted by Gasteiger charge is 2.12. The highest BCUT2D eigenvalue weighted by molar-refractivity contribution is 7.71. The third-order valence-electron chi connectivity index (χ3n) is 3.04. The van der Waals surface area contributed by atoms with Crippen LogP contribution in [0.3, 0.4) is 0 Å². The lowest BCUT2D eigenvalue weighted by Crippen LogP contribution is -2.02. The molecule has 98 valence electrons. The second kappa shape index (κ2) is 5.48. The third kappa shape index (κ3) is 2.69. The molecule has 6 heteroatoms. The summed E-state index contributed by atoms with van der Waals surface area (Å²) < 4.78 is 7.33. The zero-order chi connectivity index (χ0) is 13.1. The molecule has 1 N–H and O–H groups in total. The van der Waals surface area contributed by atoms with Crippen LogP contribution in [0.15, 0.2) is 4.42 Å². The van der Waals surface area contributed by atoms with Crippen molar-refractivity contribution in [3.63, 3.8) is 0 Å². The normalized spacial score (nSPS) is 11.1. The molecule has 0 fully saturated rings. The van der Waals surface area contributed by atoms with E-state index in [4.69, 9.17) is 16.6 Å². The van der Waals surface area contributed by atoms with Gasteiger partial charge in [-0.25, -0.2) is 5.10 Å². The van der Waals surface area contributed by atoms with E-state index in [-0.39, 0.29) is 0 Å². The molecule has 0 aliphatic rings. The van der Waals surface area contributed by atoms with Crippen LogP contribution in [0, 0.1) is 18.7 Å². The molecule has 0 amide bonds. The molecule has 0 bridgehead atoms. The molecule has 2 rings (SSSR count). The summed E-state index contributed by atoms with van der Waals surface area (Å²) in [5.74, 6) is 0.655. The van der Waals surface area contributed by atoms with Crippen LogP contribution in [0.1, 0.15) is 36.2 Å². The predicted molar refractivity (Wildman–Crippen MR) is 71.1 cm³/mol. The number of nitrogens with one attached hydrogen (secondary N) is 1. The largest absolute Gasteiger partial charge is 0.414 e. The first-order valence-corrected chi connectivity index (χ1v) is 6.60. The second-order valence-corrected chi connectivity index (χ2v) is 4.75. The first-order valence-electron chi connectivity index (χ1n) is 6.19. The molecule has 0 unspecified atom stereocenters. The summed E-state index contributed by atoms with van der Waals surface area (Å²) >= 11 is 4.85. The van der Waals surface area contributed by atoms with Crippen LogP contribution in [0.4, 0.5) is 0 Å². The van der Waals surface area contributed by atoms with E-state index in [1.807, 2.05) is 0 Å². The molecule has 0 spiro atoms. The lowest BCUT2D eigenvalue weighted by molar-refractivity contribution is 0.479. The van der Waals surface area contributed by atoms with Crippen molar-refractivity contribution >= 4 is 12.2 Å². The molecule has 0 atom stereocenters. The van der Waals surface area contributed by atoms with Gasteiger partial charge in [0, 0.05) is 18.7 Å². The number of aromatic nitrogens is 4. The van der Waals surface area contributed by atoms with Crippen molar-refractivity contribution in [1.82, 2.24) is 20.0 Å². The summed E-state index contributed by atoms with van der Waals surface area (Å²) in [6.45, 7) is 7.29. The molecule has 0 aliphatic carbocycles. The molecule has 0 saturated carbocycles. The topological polar surface area (TPSA) is 59.6 Å². The molecular weight excluding hydrogens is 248 g/mol. The fourth-order valence-electron chi connectivity index (χ4n) is 2.12. The summed E-state index contributed by atoms with van der Waals surface area (Å²) in [4.78, 5) is 0.333. The van der Waals surface area contributed by atoms with Gasteiger partial charge in [0.15, 0.2) is 0 Å². The van der Waals surface area contributed by atoms with Crippen molar-refractivity contribution in [2.75, 3.05) is 0 Å². The average Bonchev–Trinajstić information content (AvgIpc) is 2.84. The Balaban J connectivity index is 2.11. The van der Waals surface area contributed by atoms with Crippen LogP contribution < -0.4 is 0 Å². The Bertz CT molecular complexity index is 581. The Morgan fingerprint density at radius 1 is 1.33 bits per heavy atom. The quantitative estimate of drug-likeness (QED) is 0.845. The fourth-order valence-corrected chi connectivity index (χ4v) is 2.27. The van der Waals surface area contributed by atoms with E-state index in [1.54, 1.807) is 0 Å². The number of aryl methyl sites for hydroxylation is 3. The fraction of sp³-hybridized carbons (Fsp3) is 0.583. The average molecular weight is 266 g/mol. The summed E-state index contributed by atoms with van der Waals surface area (Å²) in [7, 11) is 0.